The number of thioether (sulfide) groups is 1. The van der Waals surface area contributed by atoms with E-state index in [-0.39, 0.29) is 18.3 Å². The van der Waals surface area contributed by atoms with Crippen LogP contribution in [0, 0.1) is 0 Å². The monoisotopic (exact) mass is 541 g/mol. The number of carbonyl (C=O) groups is 1. The van der Waals surface area contributed by atoms with Crippen molar-refractivity contribution in [2.75, 3.05) is 57.7 Å². The van der Waals surface area contributed by atoms with E-state index < -0.39 is 0 Å². The van der Waals surface area contributed by atoms with Crippen LogP contribution in [0.4, 0.5) is 5.13 Å². The second-order valence-electron chi connectivity index (χ2n) is 7.80. The van der Waals surface area contributed by atoms with E-state index in [0.717, 1.165) is 49.5 Å². The molecule has 1 aromatic heterocycles. The number of carbonyl (C=O) groups excluding carboxylic acids is 1. The Hall–Kier alpha value is -1.55. The van der Waals surface area contributed by atoms with Gasteiger partial charge in [0, 0.05) is 31.1 Å². The summed E-state index contributed by atoms with van der Waals surface area (Å²) < 4.78 is 11.8. The molecule has 1 saturated heterocycles. The summed E-state index contributed by atoms with van der Waals surface area (Å²) >= 11 is 9.57. The third-order valence-electron chi connectivity index (χ3n) is 5.67. The van der Waals surface area contributed by atoms with Gasteiger partial charge >= 0.3 is 0 Å². The topological polar surface area (TPSA) is 54.9 Å². The molecule has 2 aromatic carbocycles. The van der Waals surface area contributed by atoms with Crippen LogP contribution in [0.15, 0.2) is 41.3 Å². The summed E-state index contributed by atoms with van der Waals surface area (Å²) in [4.78, 5) is 23.6. The fourth-order valence-corrected chi connectivity index (χ4v) is 5.55. The summed E-state index contributed by atoms with van der Waals surface area (Å²) in [7, 11) is 1.62. The first kappa shape index (κ1) is 27.0. The summed E-state index contributed by atoms with van der Waals surface area (Å²) in [5.74, 6) is 0.688. The summed E-state index contributed by atoms with van der Waals surface area (Å²) in [5, 5.41) is 1.27. The second-order valence-corrected chi connectivity index (χ2v) is 10.1. The predicted octanol–water partition coefficient (Wildman–Crippen LogP) is 5.40. The van der Waals surface area contributed by atoms with E-state index in [9.17, 15) is 4.79 Å². The number of ether oxygens (including phenoxy) is 2. The van der Waals surface area contributed by atoms with E-state index in [2.05, 4.69) is 17.0 Å². The molecule has 0 bridgehead atoms. The Morgan fingerprint density at radius 3 is 2.65 bits per heavy atom. The molecule has 34 heavy (non-hydrogen) atoms. The molecular weight excluding hydrogens is 513 g/mol. The number of nitrogens with zero attached hydrogens (tertiary/aromatic N) is 3. The van der Waals surface area contributed by atoms with E-state index in [1.165, 1.54) is 16.2 Å². The molecule has 1 aliphatic rings. The molecule has 0 aliphatic carbocycles. The van der Waals surface area contributed by atoms with Gasteiger partial charge in [0.1, 0.15) is 11.3 Å². The zero-order valence-corrected chi connectivity index (χ0v) is 22.5. The molecule has 6 nitrogen and oxygen atoms in total. The molecule has 2 heterocycles. The molecule has 1 aliphatic heterocycles. The molecule has 0 N–H and O–H groups in total. The number of anilines is 1. The summed E-state index contributed by atoms with van der Waals surface area (Å²) in [5.41, 5.74) is 1.69. The summed E-state index contributed by atoms with van der Waals surface area (Å²) in [6, 6.07) is 11.8. The van der Waals surface area contributed by atoms with E-state index >= 15 is 0 Å². The average Bonchev–Trinajstić information content (AvgIpc) is 3.29. The minimum absolute atomic E-state index is 0. The largest absolute Gasteiger partial charge is 0.494 e. The first-order valence-electron chi connectivity index (χ1n) is 11.0. The number of thiazole rings is 1. The molecule has 184 valence electrons. The van der Waals surface area contributed by atoms with E-state index in [0.29, 0.717) is 34.4 Å². The highest BCUT2D eigenvalue weighted by molar-refractivity contribution is 7.98. The fraction of sp³-hybridized carbons (Fsp3) is 0.417. The number of methoxy groups -OCH3 is 1. The number of hydrogen-bond donors (Lipinski definition) is 0. The molecule has 10 heteroatoms. The zero-order chi connectivity index (χ0) is 23.2. The maximum Gasteiger partial charge on any atom is 0.233 e. The van der Waals surface area contributed by atoms with E-state index in [1.54, 1.807) is 18.9 Å². The number of halogens is 2. The second kappa shape index (κ2) is 13.0. The molecule has 0 spiro atoms. The summed E-state index contributed by atoms with van der Waals surface area (Å²) in [6.45, 7) is 4.92. The Bertz CT molecular complexity index is 1090. The van der Waals surface area contributed by atoms with Gasteiger partial charge in [-0.1, -0.05) is 35.1 Å². The van der Waals surface area contributed by atoms with Crippen LogP contribution in [0.25, 0.3) is 10.2 Å². The van der Waals surface area contributed by atoms with Crippen LogP contribution >= 0.6 is 47.1 Å². The minimum atomic E-state index is 0. The standard InChI is InChI=1S/C24H28ClN3O3S2.ClH/c1-30-20-9-8-19(25)23-22(20)26-24(33-23)28(11-3-10-27-12-14-31-15-13-27)21(29)16-17-4-6-18(32-2)7-5-17;/h4-9H,3,10-16H2,1-2H3;1H. The number of benzene rings is 2. The summed E-state index contributed by atoms with van der Waals surface area (Å²) in [6.07, 6.45) is 3.23. The van der Waals surface area contributed by atoms with Crippen LogP contribution < -0.4 is 9.64 Å². The highest BCUT2D eigenvalue weighted by Crippen LogP contribution is 2.39. The smallest absolute Gasteiger partial charge is 0.233 e. The van der Waals surface area contributed by atoms with Crippen molar-refractivity contribution in [3.63, 3.8) is 0 Å². The van der Waals surface area contributed by atoms with Gasteiger partial charge in [0.25, 0.3) is 0 Å². The Labute approximate surface area is 220 Å². The quantitative estimate of drug-likeness (QED) is 0.338. The van der Waals surface area contributed by atoms with Gasteiger partial charge in [-0.15, -0.1) is 24.2 Å². The Kier molecular flexibility index (Phi) is 10.3. The molecule has 0 saturated carbocycles. The first-order valence-corrected chi connectivity index (χ1v) is 13.4. The number of aromatic nitrogens is 1. The molecule has 0 unspecified atom stereocenters. The van der Waals surface area contributed by atoms with Gasteiger partial charge in [-0.2, -0.15) is 0 Å². The Balaban J connectivity index is 0.00000324. The van der Waals surface area contributed by atoms with Crippen molar-refractivity contribution in [2.45, 2.75) is 17.7 Å². The van der Waals surface area contributed by atoms with Gasteiger partial charge in [0.05, 0.1) is 36.5 Å². The van der Waals surface area contributed by atoms with Crippen molar-refractivity contribution < 1.29 is 14.3 Å². The van der Waals surface area contributed by atoms with Gasteiger partial charge < -0.3 is 9.47 Å². The number of rotatable bonds is 9. The van der Waals surface area contributed by atoms with Gasteiger partial charge in [-0.05, 0) is 42.5 Å². The third kappa shape index (κ3) is 6.56. The molecular formula is C24H29Cl2N3O3S2. The lowest BCUT2D eigenvalue weighted by molar-refractivity contribution is -0.118. The van der Waals surface area contributed by atoms with Crippen molar-refractivity contribution >= 4 is 68.4 Å². The molecule has 3 aromatic rings. The maximum absolute atomic E-state index is 13.5. The zero-order valence-electron chi connectivity index (χ0n) is 19.3. The number of hydrogen-bond acceptors (Lipinski definition) is 7. The highest BCUT2D eigenvalue weighted by Gasteiger charge is 2.22. The van der Waals surface area contributed by atoms with Crippen molar-refractivity contribution in [2.24, 2.45) is 0 Å². The van der Waals surface area contributed by atoms with Crippen molar-refractivity contribution in [3.05, 3.63) is 47.0 Å². The van der Waals surface area contributed by atoms with Gasteiger partial charge in [-0.3, -0.25) is 14.6 Å². The van der Waals surface area contributed by atoms with Crippen LogP contribution in [0.1, 0.15) is 12.0 Å². The maximum atomic E-state index is 13.5. The van der Waals surface area contributed by atoms with Crippen LogP contribution in [0.2, 0.25) is 5.02 Å². The number of morpholine rings is 1. The average molecular weight is 543 g/mol. The van der Waals surface area contributed by atoms with Crippen molar-refractivity contribution in [3.8, 4) is 5.75 Å². The van der Waals surface area contributed by atoms with Gasteiger partial charge in [0.2, 0.25) is 5.91 Å². The van der Waals surface area contributed by atoms with Crippen LogP contribution in [-0.2, 0) is 16.0 Å². The third-order valence-corrected chi connectivity index (χ3v) is 7.96. The fourth-order valence-electron chi connectivity index (χ4n) is 3.84. The van der Waals surface area contributed by atoms with Gasteiger partial charge in [-0.25, -0.2) is 4.98 Å². The normalized spacial score (nSPS) is 14.1. The lowest BCUT2D eigenvalue weighted by atomic mass is 10.1. The Morgan fingerprint density at radius 2 is 1.97 bits per heavy atom. The molecule has 0 radical (unpaired) electrons. The molecule has 4 rings (SSSR count). The van der Waals surface area contributed by atoms with E-state index in [1.807, 2.05) is 35.4 Å². The Morgan fingerprint density at radius 1 is 1.24 bits per heavy atom. The van der Waals surface area contributed by atoms with Gasteiger partial charge in [0.15, 0.2) is 5.13 Å². The first-order chi connectivity index (χ1) is 16.1. The molecule has 1 amide bonds. The SMILES string of the molecule is COc1ccc(Cl)c2sc(N(CCCN3CCOCC3)C(=O)Cc3ccc(SC)cc3)nc12.Cl. The van der Waals surface area contributed by atoms with Crippen LogP contribution in [-0.4, -0.2) is 68.5 Å². The van der Waals surface area contributed by atoms with Crippen LogP contribution in [0.3, 0.4) is 0 Å². The van der Waals surface area contributed by atoms with Crippen LogP contribution in [0.5, 0.6) is 5.75 Å². The lowest BCUT2D eigenvalue weighted by Gasteiger charge is -2.27. The highest BCUT2D eigenvalue weighted by atomic mass is 35.5. The molecule has 0 atom stereocenters. The minimum Gasteiger partial charge on any atom is -0.494 e. The number of fused-ring (bicyclic) bond motifs is 1. The lowest BCUT2D eigenvalue weighted by Crippen LogP contribution is -2.39. The van der Waals surface area contributed by atoms with Crippen molar-refractivity contribution in [1.29, 1.82) is 0 Å². The predicted molar refractivity (Wildman–Crippen MR) is 145 cm³/mol. The molecule has 1 fully saturated rings. The van der Waals surface area contributed by atoms with E-state index in [4.69, 9.17) is 26.1 Å². The van der Waals surface area contributed by atoms with Crippen molar-refractivity contribution in [1.82, 2.24) is 9.88 Å². The number of amides is 1.